The van der Waals surface area contributed by atoms with Crippen LogP contribution in [-0.4, -0.2) is 28.0 Å². The zero-order chi connectivity index (χ0) is 13.8. The van der Waals surface area contributed by atoms with Gasteiger partial charge in [-0.25, -0.2) is 4.79 Å². The molecule has 1 atom stereocenters. The lowest BCUT2D eigenvalue weighted by atomic mass is 10.2. The fourth-order valence-electron chi connectivity index (χ4n) is 1.79. The molecule has 19 heavy (non-hydrogen) atoms. The number of carboxylic acid groups (broad SMARTS) is 1. The molecule has 0 aliphatic carbocycles. The van der Waals surface area contributed by atoms with Gasteiger partial charge in [0.2, 0.25) is 5.76 Å². The fraction of sp³-hybridized carbons (Fsp3) is 0.286. The maximum absolute atomic E-state index is 10.8. The van der Waals surface area contributed by atoms with Gasteiger partial charge < -0.3 is 9.52 Å². The van der Waals surface area contributed by atoms with Gasteiger partial charge in [-0.05, 0) is 38.2 Å². The van der Waals surface area contributed by atoms with Crippen LogP contribution in [-0.2, 0) is 6.54 Å². The molecular formula is C14H16N2O3. The molecule has 2 aromatic rings. The van der Waals surface area contributed by atoms with Gasteiger partial charge in [0.25, 0.3) is 0 Å². The summed E-state index contributed by atoms with van der Waals surface area (Å²) in [4.78, 5) is 17.1. The molecule has 0 aliphatic rings. The van der Waals surface area contributed by atoms with Crippen LogP contribution in [0.1, 0.15) is 35.0 Å². The summed E-state index contributed by atoms with van der Waals surface area (Å²) in [6.07, 6.45) is 1.75. The Kier molecular flexibility index (Phi) is 3.97. The van der Waals surface area contributed by atoms with Gasteiger partial charge in [0.05, 0.1) is 11.7 Å². The molecule has 0 bridgehead atoms. The summed E-state index contributed by atoms with van der Waals surface area (Å²) >= 11 is 0. The van der Waals surface area contributed by atoms with Gasteiger partial charge in [0.1, 0.15) is 5.76 Å². The van der Waals surface area contributed by atoms with E-state index in [2.05, 4.69) is 4.98 Å². The van der Waals surface area contributed by atoms with Crippen molar-refractivity contribution >= 4 is 5.97 Å². The van der Waals surface area contributed by atoms with Crippen LogP contribution >= 0.6 is 0 Å². The fourth-order valence-corrected chi connectivity index (χ4v) is 1.79. The Morgan fingerprint density at radius 3 is 2.79 bits per heavy atom. The molecule has 0 saturated carbocycles. The van der Waals surface area contributed by atoms with Crippen molar-refractivity contribution in [2.75, 3.05) is 7.05 Å². The van der Waals surface area contributed by atoms with Crippen molar-refractivity contribution in [2.24, 2.45) is 0 Å². The van der Waals surface area contributed by atoms with Crippen LogP contribution in [0.3, 0.4) is 0 Å². The highest BCUT2D eigenvalue weighted by Gasteiger charge is 2.18. The van der Waals surface area contributed by atoms with Crippen molar-refractivity contribution in [1.82, 2.24) is 9.88 Å². The summed E-state index contributed by atoms with van der Waals surface area (Å²) < 4.78 is 5.30. The van der Waals surface area contributed by atoms with Crippen LogP contribution in [0.15, 0.2) is 40.9 Å². The minimum absolute atomic E-state index is 0.0184. The Hall–Kier alpha value is -2.14. The zero-order valence-corrected chi connectivity index (χ0v) is 10.9. The minimum Gasteiger partial charge on any atom is -0.475 e. The highest BCUT2D eigenvalue weighted by atomic mass is 16.4. The number of carbonyl (C=O) groups is 1. The second-order valence-corrected chi connectivity index (χ2v) is 4.42. The Morgan fingerprint density at radius 1 is 1.42 bits per heavy atom. The number of carboxylic acids is 1. The number of hydrogen-bond acceptors (Lipinski definition) is 4. The standard InChI is InChI=1S/C14H16N2O3/c1-10(12-6-7-13(19-12)14(17)18)16(2)9-11-5-3-4-8-15-11/h3-8,10H,9H2,1-2H3,(H,17,18). The third-order valence-corrected chi connectivity index (χ3v) is 3.05. The quantitative estimate of drug-likeness (QED) is 0.895. The van der Waals surface area contributed by atoms with Gasteiger partial charge in [-0.3, -0.25) is 9.88 Å². The normalized spacial score (nSPS) is 12.6. The first-order valence-corrected chi connectivity index (χ1v) is 6.01. The molecule has 0 aromatic carbocycles. The first-order valence-electron chi connectivity index (χ1n) is 6.01. The van der Waals surface area contributed by atoms with E-state index in [9.17, 15) is 4.79 Å². The van der Waals surface area contributed by atoms with Crippen LogP contribution in [0.25, 0.3) is 0 Å². The number of rotatable bonds is 5. The van der Waals surface area contributed by atoms with Gasteiger partial charge in [0, 0.05) is 12.7 Å². The average Bonchev–Trinajstić information content (AvgIpc) is 2.88. The number of nitrogens with zero attached hydrogens (tertiary/aromatic N) is 2. The summed E-state index contributed by atoms with van der Waals surface area (Å²) in [6, 6.07) is 8.92. The monoisotopic (exact) mass is 260 g/mol. The lowest BCUT2D eigenvalue weighted by Crippen LogP contribution is -2.22. The summed E-state index contributed by atoms with van der Waals surface area (Å²) in [5, 5.41) is 8.84. The van der Waals surface area contributed by atoms with Gasteiger partial charge in [0.15, 0.2) is 0 Å². The van der Waals surface area contributed by atoms with E-state index in [0.717, 1.165) is 5.69 Å². The zero-order valence-electron chi connectivity index (χ0n) is 10.9. The third-order valence-electron chi connectivity index (χ3n) is 3.05. The van der Waals surface area contributed by atoms with Crippen LogP contribution in [0.5, 0.6) is 0 Å². The summed E-state index contributed by atoms with van der Waals surface area (Å²) in [5.41, 5.74) is 0.960. The molecule has 1 N–H and O–H groups in total. The first-order chi connectivity index (χ1) is 9.08. The van der Waals surface area contributed by atoms with Gasteiger partial charge in [-0.1, -0.05) is 6.07 Å². The average molecular weight is 260 g/mol. The van der Waals surface area contributed by atoms with E-state index in [1.54, 1.807) is 12.3 Å². The molecule has 5 heteroatoms. The van der Waals surface area contributed by atoms with Crippen molar-refractivity contribution < 1.29 is 14.3 Å². The SMILES string of the molecule is CC(c1ccc(C(=O)O)o1)N(C)Cc1ccccn1. The molecule has 0 radical (unpaired) electrons. The smallest absolute Gasteiger partial charge is 0.371 e. The van der Waals surface area contributed by atoms with Crippen molar-refractivity contribution in [1.29, 1.82) is 0 Å². The molecule has 0 amide bonds. The van der Waals surface area contributed by atoms with Crippen LogP contribution < -0.4 is 0 Å². The highest BCUT2D eigenvalue weighted by Crippen LogP contribution is 2.22. The molecule has 2 rings (SSSR count). The van der Waals surface area contributed by atoms with E-state index >= 15 is 0 Å². The Balaban J connectivity index is 2.06. The molecule has 2 aromatic heterocycles. The lowest BCUT2D eigenvalue weighted by molar-refractivity contribution is 0.0656. The number of pyridine rings is 1. The van der Waals surface area contributed by atoms with Crippen LogP contribution in [0.2, 0.25) is 0 Å². The van der Waals surface area contributed by atoms with Crippen LogP contribution in [0.4, 0.5) is 0 Å². The van der Waals surface area contributed by atoms with Crippen LogP contribution in [0, 0.1) is 0 Å². The van der Waals surface area contributed by atoms with Crippen molar-refractivity contribution in [3.63, 3.8) is 0 Å². The van der Waals surface area contributed by atoms with Gasteiger partial charge >= 0.3 is 5.97 Å². The predicted molar refractivity (Wildman–Crippen MR) is 69.8 cm³/mol. The van der Waals surface area contributed by atoms with Crippen molar-refractivity contribution in [3.8, 4) is 0 Å². The number of furan rings is 1. The Labute approximate surface area is 111 Å². The molecule has 5 nitrogen and oxygen atoms in total. The molecule has 0 spiro atoms. The molecular weight excluding hydrogens is 244 g/mol. The van der Waals surface area contributed by atoms with Crippen molar-refractivity contribution in [3.05, 3.63) is 53.7 Å². The maximum atomic E-state index is 10.8. The summed E-state index contributed by atoms with van der Waals surface area (Å²) in [7, 11) is 1.95. The molecule has 2 heterocycles. The van der Waals surface area contributed by atoms with Gasteiger partial charge in [-0.15, -0.1) is 0 Å². The number of aromatic nitrogens is 1. The molecule has 1 unspecified atom stereocenters. The minimum atomic E-state index is -1.05. The molecule has 100 valence electrons. The van der Waals surface area contributed by atoms with E-state index < -0.39 is 5.97 Å². The lowest BCUT2D eigenvalue weighted by Gasteiger charge is -2.22. The van der Waals surface area contributed by atoms with E-state index in [0.29, 0.717) is 12.3 Å². The van der Waals surface area contributed by atoms with E-state index in [1.807, 2.05) is 37.1 Å². The molecule has 0 saturated heterocycles. The topological polar surface area (TPSA) is 66.6 Å². The van der Waals surface area contributed by atoms with E-state index in [1.165, 1.54) is 6.07 Å². The van der Waals surface area contributed by atoms with E-state index in [-0.39, 0.29) is 11.8 Å². The number of aromatic carboxylic acids is 1. The maximum Gasteiger partial charge on any atom is 0.371 e. The summed E-state index contributed by atoms with van der Waals surface area (Å²) in [6.45, 7) is 2.64. The number of hydrogen-bond donors (Lipinski definition) is 1. The third kappa shape index (κ3) is 3.20. The summed E-state index contributed by atoms with van der Waals surface area (Å²) in [5.74, 6) is -0.449. The first kappa shape index (κ1) is 13.3. The Bertz CT molecular complexity index is 551. The second kappa shape index (κ2) is 5.67. The highest BCUT2D eigenvalue weighted by molar-refractivity contribution is 5.84. The predicted octanol–water partition coefficient (Wildman–Crippen LogP) is 2.57. The Morgan fingerprint density at radius 2 is 2.21 bits per heavy atom. The van der Waals surface area contributed by atoms with Gasteiger partial charge in [-0.2, -0.15) is 0 Å². The molecule has 0 aliphatic heterocycles. The largest absolute Gasteiger partial charge is 0.475 e. The second-order valence-electron chi connectivity index (χ2n) is 4.42. The van der Waals surface area contributed by atoms with Crippen molar-refractivity contribution in [2.45, 2.75) is 19.5 Å². The molecule has 0 fully saturated rings. The van der Waals surface area contributed by atoms with E-state index in [4.69, 9.17) is 9.52 Å².